The van der Waals surface area contributed by atoms with Gasteiger partial charge in [0.2, 0.25) is 11.9 Å². The summed E-state index contributed by atoms with van der Waals surface area (Å²) in [7, 11) is 0. The number of carboxylic acids is 1. The number of hydrogen-bond acceptors (Lipinski definition) is 7. The molecule has 2 atom stereocenters. The first-order valence-electron chi connectivity index (χ1n) is 8.46. The molecule has 0 aliphatic carbocycles. The van der Waals surface area contributed by atoms with Crippen molar-refractivity contribution in [2.24, 2.45) is 11.3 Å². The molecule has 0 spiro atoms. The molecule has 2 aromatic rings. The van der Waals surface area contributed by atoms with E-state index in [9.17, 15) is 9.90 Å². The van der Waals surface area contributed by atoms with Crippen molar-refractivity contribution in [1.29, 1.82) is 0 Å². The summed E-state index contributed by atoms with van der Waals surface area (Å²) in [6, 6.07) is 3.55. The van der Waals surface area contributed by atoms with E-state index in [4.69, 9.17) is 0 Å². The van der Waals surface area contributed by atoms with Crippen LogP contribution in [0.3, 0.4) is 0 Å². The van der Waals surface area contributed by atoms with Crippen molar-refractivity contribution in [3.63, 3.8) is 0 Å². The largest absolute Gasteiger partial charge is 0.481 e. The lowest BCUT2D eigenvalue weighted by Crippen LogP contribution is -2.41. The number of anilines is 2. The maximum atomic E-state index is 12.2. The number of carbonyl (C=O) groups is 1. The average Bonchev–Trinajstić information content (AvgIpc) is 2.92. The highest BCUT2D eigenvalue weighted by Crippen LogP contribution is 2.44. The standard InChI is InChI=1S/C17H20N6O2/c24-14(25)17-4-1-9-22(15-18-5-2-6-19-15)10-13(17)11-23(12-17)16-20-7-3-8-21-16/h2-3,5-8,13H,1,4,9-12H2,(H,24,25)/t13-,17-/m0/s1. The summed E-state index contributed by atoms with van der Waals surface area (Å²) in [6.07, 6.45) is 8.25. The maximum absolute atomic E-state index is 12.2. The molecule has 0 bridgehead atoms. The summed E-state index contributed by atoms with van der Waals surface area (Å²) in [6.45, 7) is 2.47. The van der Waals surface area contributed by atoms with Crippen LogP contribution in [-0.4, -0.2) is 57.2 Å². The highest BCUT2D eigenvalue weighted by atomic mass is 16.4. The summed E-state index contributed by atoms with van der Waals surface area (Å²) in [5.74, 6) is 0.503. The lowest BCUT2D eigenvalue weighted by molar-refractivity contribution is -0.150. The highest BCUT2D eigenvalue weighted by molar-refractivity contribution is 5.77. The molecule has 0 amide bonds. The van der Waals surface area contributed by atoms with Crippen LogP contribution in [0, 0.1) is 11.3 Å². The molecule has 1 N–H and O–H groups in total. The third kappa shape index (κ3) is 2.77. The van der Waals surface area contributed by atoms with Crippen molar-refractivity contribution < 1.29 is 9.90 Å². The van der Waals surface area contributed by atoms with E-state index in [0.717, 1.165) is 13.0 Å². The van der Waals surface area contributed by atoms with Crippen LogP contribution in [0.25, 0.3) is 0 Å². The molecule has 0 aromatic carbocycles. The van der Waals surface area contributed by atoms with Gasteiger partial charge in [-0.1, -0.05) is 0 Å². The molecule has 0 saturated carbocycles. The summed E-state index contributed by atoms with van der Waals surface area (Å²) >= 11 is 0. The van der Waals surface area contributed by atoms with E-state index in [1.807, 2.05) is 4.90 Å². The molecule has 4 heterocycles. The van der Waals surface area contributed by atoms with Crippen molar-refractivity contribution in [2.75, 3.05) is 36.0 Å². The second-order valence-corrected chi connectivity index (χ2v) is 6.69. The second kappa shape index (κ2) is 6.27. The summed E-state index contributed by atoms with van der Waals surface area (Å²) in [5, 5.41) is 10.0. The molecule has 8 nitrogen and oxygen atoms in total. The van der Waals surface area contributed by atoms with Gasteiger partial charge in [0.25, 0.3) is 0 Å². The predicted molar refractivity (Wildman–Crippen MR) is 91.3 cm³/mol. The first kappa shape index (κ1) is 15.7. The zero-order chi connectivity index (χ0) is 17.3. The normalized spacial score (nSPS) is 26.2. The molecular formula is C17H20N6O2. The molecular weight excluding hydrogens is 320 g/mol. The molecule has 2 aliphatic rings. The van der Waals surface area contributed by atoms with E-state index < -0.39 is 11.4 Å². The minimum atomic E-state index is -0.775. The summed E-state index contributed by atoms with van der Waals surface area (Å²) in [5.41, 5.74) is -0.775. The van der Waals surface area contributed by atoms with Gasteiger partial charge in [-0.15, -0.1) is 0 Å². The Kier molecular flexibility index (Phi) is 3.95. The number of rotatable bonds is 3. The molecule has 2 fully saturated rings. The molecule has 25 heavy (non-hydrogen) atoms. The van der Waals surface area contributed by atoms with Gasteiger partial charge < -0.3 is 14.9 Å². The summed E-state index contributed by atoms with van der Waals surface area (Å²) < 4.78 is 0. The van der Waals surface area contributed by atoms with Crippen molar-refractivity contribution in [1.82, 2.24) is 19.9 Å². The van der Waals surface area contributed by atoms with Gasteiger partial charge in [0, 0.05) is 56.9 Å². The van der Waals surface area contributed by atoms with Crippen LogP contribution < -0.4 is 9.80 Å². The minimum Gasteiger partial charge on any atom is -0.481 e. The Morgan fingerprint density at radius 3 is 2.16 bits per heavy atom. The number of aromatic nitrogens is 4. The van der Waals surface area contributed by atoms with Crippen LogP contribution >= 0.6 is 0 Å². The first-order chi connectivity index (χ1) is 12.2. The molecule has 8 heteroatoms. The zero-order valence-electron chi connectivity index (χ0n) is 13.8. The smallest absolute Gasteiger partial charge is 0.311 e. The van der Waals surface area contributed by atoms with Crippen molar-refractivity contribution in [2.45, 2.75) is 12.8 Å². The fourth-order valence-electron chi connectivity index (χ4n) is 4.03. The molecule has 2 aromatic heterocycles. The molecule has 0 radical (unpaired) electrons. The van der Waals surface area contributed by atoms with E-state index in [1.54, 1.807) is 36.9 Å². The fourth-order valence-corrected chi connectivity index (χ4v) is 4.03. The number of nitrogens with zero attached hydrogens (tertiary/aromatic N) is 6. The first-order valence-corrected chi connectivity index (χ1v) is 8.46. The van der Waals surface area contributed by atoms with Crippen molar-refractivity contribution in [3.05, 3.63) is 36.9 Å². The number of carboxylic acid groups (broad SMARTS) is 1. The second-order valence-electron chi connectivity index (χ2n) is 6.69. The SMILES string of the molecule is O=C(O)[C@]12CCCN(c3ncccn3)C[C@H]1CN(c1ncccn1)C2. The Morgan fingerprint density at radius 1 is 1.00 bits per heavy atom. The van der Waals surface area contributed by atoms with Crippen molar-refractivity contribution >= 4 is 17.9 Å². The lowest BCUT2D eigenvalue weighted by atomic mass is 9.75. The zero-order valence-corrected chi connectivity index (χ0v) is 13.8. The lowest BCUT2D eigenvalue weighted by Gasteiger charge is -2.29. The van der Waals surface area contributed by atoms with Crippen molar-refractivity contribution in [3.8, 4) is 0 Å². The van der Waals surface area contributed by atoms with Crippen LogP contribution in [0.5, 0.6) is 0 Å². The number of hydrogen-bond donors (Lipinski definition) is 1. The Hall–Kier alpha value is -2.77. The average molecular weight is 340 g/mol. The van der Waals surface area contributed by atoms with Gasteiger partial charge in [-0.2, -0.15) is 0 Å². The van der Waals surface area contributed by atoms with E-state index in [1.165, 1.54) is 0 Å². The van der Waals surface area contributed by atoms with E-state index in [0.29, 0.717) is 38.0 Å². The fraction of sp³-hybridized carbons (Fsp3) is 0.471. The van der Waals surface area contributed by atoms with E-state index in [2.05, 4.69) is 24.8 Å². The Balaban J connectivity index is 1.63. The van der Waals surface area contributed by atoms with Gasteiger partial charge in [-0.25, -0.2) is 19.9 Å². The van der Waals surface area contributed by atoms with Gasteiger partial charge >= 0.3 is 5.97 Å². The van der Waals surface area contributed by atoms with Crippen LogP contribution in [-0.2, 0) is 4.79 Å². The number of aliphatic carboxylic acids is 1. The molecule has 2 saturated heterocycles. The Labute approximate surface area is 145 Å². The van der Waals surface area contributed by atoms with E-state index in [-0.39, 0.29) is 5.92 Å². The third-order valence-electron chi connectivity index (χ3n) is 5.28. The molecule has 0 unspecified atom stereocenters. The molecule has 2 aliphatic heterocycles. The van der Waals surface area contributed by atoms with E-state index >= 15 is 0 Å². The van der Waals surface area contributed by atoms with Gasteiger partial charge in [0.05, 0.1) is 5.41 Å². The number of fused-ring (bicyclic) bond motifs is 1. The maximum Gasteiger partial charge on any atom is 0.311 e. The quantitative estimate of drug-likeness (QED) is 0.887. The van der Waals surface area contributed by atoms with Gasteiger partial charge in [-0.3, -0.25) is 4.79 Å². The third-order valence-corrected chi connectivity index (χ3v) is 5.28. The molecule has 130 valence electrons. The highest BCUT2D eigenvalue weighted by Gasteiger charge is 2.54. The minimum absolute atomic E-state index is 0.0277. The van der Waals surface area contributed by atoms with Gasteiger partial charge in [-0.05, 0) is 25.0 Å². The van der Waals surface area contributed by atoms with Gasteiger partial charge in [0.1, 0.15) is 0 Å². The van der Waals surface area contributed by atoms with Crippen LogP contribution in [0.2, 0.25) is 0 Å². The Morgan fingerprint density at radius 2 is 1.56 bits per heavy atom. The topological polar surface area (TPSA) is 95.3 Å². The van der Waals surface area contributed by atoms with Crippen LogP contribution in [0.15, 0.2) is 36.9 Å². The van der Waals surface area contributed by atoms with Crippen LogP contribution in [0.1, 0.15) is 12.8 Å². The van der Waals surface area contributed by atoms with Crippen LogP contribution in [0.4, 0.5) is 11.9 Å². The summed E-state index contributed by atoms with van der Waals surface area (Å²) in [4.78, 5) is 33.6. The van der Waals surface area contributed by atoms with Gasteiger partial charge in [0.15, 0.2) is 0 Å². The Bertz CT molecular complexity index is 743. The predicted octanol–water partition coefficient (Wildman–Crippen LogP) is 1.07. The molecule has 4 rings (SSSR count). The monoisotopic (exact) mass is 340 g/mol.